The van der Waals surface area contributed by atoms with Crippen LogP contribution in [-0.2, 0) is 16.1 Å². The van der Waals surface area contributed by atoms with Crippen LogP contribution in [0.5, 0.6) is 0 Å². The number of nitro benzene ring substituents is 1. The molecule has 0 bridgehead atoms. The van der Waals surface area contributed by atoms with E-state index in [4.69, 9.17) is 15.6 Å². The summed E-state index contributed by atoms with van der Waals surface area (Å²) in [4.78, 5) is 35.0. The number of likely N-dealkylation sites (N-methyl/N-ethyl adjacent to an activating group) is 1. The van der Waals surface area contributed by atoms with Crippen LogP contribution in [-0.4, -0.2) is 47.4 Å². The number of alkyl halides is 3. The largest absolute Gasteiger partial charge is 0.542 e. The van der Waals surface area contributed by atoms with Crippen LogP contribution in [0, 0.1) is 10.1 Å². The number of rotatable bonds is 3. The van der Waals surface area contributed by atoms with E-state index in [1.54, 1.807) is 12.1 Å². The van der Waals surface area contributed by atoms with Crippen LogP contribution in [0.4, 0.5) is 18.9 Å². The molecule has 0 radical (unpaired) electrons. The lowest BCUT2D eigenvalue weighted by Crippen LogP contribution is -3.04. The van der Waals surface area contributed by atoms with Crippen molar-refractivity contribution in [1.82, 2.24) is 4.90 Å². The van der Waals surface area contributed by atoms with Gasteiger partial charge in [0.25, 0.3) is 11.5 Å². The molecule has 12 heteroatoms. The fraction of sp³-hybridized carbons (Fsp3) is 0.300. The molecule has 32 heavy (non-hydrogen) atoms. The van der Waals surface area contributed by atoms with Crippen LogP contribution in [0.1, 0.15) is 12.0 Å². The van der Waals surface area contributed by atoms with Gasteiger partial charge in [0.05, 0.1) is 16.7 Å². The molecule has 0 saturated carbocycles. The smallest absolute Gasteiger partial charge is 0.430 e. The van der Waals surface area contributed by atoms with Crippen molar-refractivity contribution in [3.63, 3.8) is 0 Å². The minimum absolute atomic E-state index is 0.0575. The maximum absolute atomic E-state index is 12.7. The molecule has 2 heterocycles. The SMILES string of the molecule is CN1CCC2=C[NH+](Cc3ccc([N+](=O)[O-])cc3)C3=C2C1C=C(N)C3=O.O=C([O-])C(F)(F)F. The highest BCUT2D eigenvalue weighted by Crippen LogP contribution is 2.35. The Morgan fingerprint density at radius 3 is 2.44 bits per heavy atom. The zero-order valence-corrected chi connectivity index (χ0v) is 16.8. The summed E-state index contributed by atoms with van der Waals surface area (Å²) in [6, 6.07) is 6.54. The van der Waals surface area contributed by atoms with Gasteiger partial charge in [-0.25, -0.2) is 0 Å². The molecule has 0 aromatic heterocycles. The fourth-order valence-corrected chi connectivity index (χ4v) is 3.86. The molecule has 1 fully saturated rings. The van der Waals surface area contributed by atoms with E-state index in [2.05, 4.69) is 11.1 Å². The van der Waals surface area contributed by atoms with Gasteiger partial charge in [0.2, 0.25) is 0 Å². The minimum atomic E-state index is -5.19. The maximum atomic E-state index is 12.7. The number of carbonyl (C=O) groups is 2. The number of halogens is 3. The minimum Gasteiger partial charge on any atom is -0.542 e. The van der Waals surface area contributed by atoms with Crippen molar-refractivity contribution < 1.29 is 37.7 Å². The number of non-ortho nitro benzene ring substituents is 1. The Morgan fingerprint density at radius 1 is 1.31 bits per heavy atom. The Bertz CT molecular complexity index is 1060. The first-order chi connectivity index (χ1) is 14.9. The van der Waals surface area contributed by atoms with E-state index in [0.29, 0.717) is 12.2 Å². The lowest BCUT2D eigenvalue weighted by molar-refractivity contribution is -0.813. The molecule has 0 amide bonds. The number of nitrogens with one attached hydrogen (secondary N) is 1. The van der Waals surface area contributed by atoms with E-state index in [1.165, 1.54) is 17.7 Å². The number of ketones is 1. The van der Waals surface area contributed by atoms with Crippen LogP contribution in [0.25, 0.3) is 0 Å². The zero-order chi connectivity index (χ0) is 23.8. The number of benzene rings is 1. The molecule has 2 unspecified atom stereocenters. The van der Waals surface area contributed by atoms with Crippen molar-refractivity contribution in [3.05, 3.63) is 74.8 Å². The molecular formula is C20H19F3N4O5. The van der Waals surface area contributed by atoms with Crippen LogP contribution in [0.2, 0.25) is 0 Å². The van der Waals surface area contributed by atoms with Crippen molar-refractivity contribution in [2.45, 2.75) is 25.2 Å². The third-order valence-corrected chi connectivity index (χ3v) is 5.39. The van der Waals surface area contributed by atoms with Gasteiger partial charge in [-0.1, -0.05) is 0 Å². The van der Waals surface area contributed by atoms with E-state index in [-0.39, 0.29) is 17.5 Å². The molecule has 1 aromatic carbocycles. The van der Waals surface area contributed by atoms with Gasteiger partial charge in [-0.05, 0) is 31.7 Å². The lowest BCUT2D eigenvalue weighted by atomic mass is 9.86. The predicted octanol–water partition coefficient (Wildman–Crippen LogP) is -0.441. The molecule has 1 saturated heterocycles. The zero-order valence-electron chi connectivity index (χ0n) is 16.8. The Labute approximate surface area is 180 Å². The van der Waals surface area contributed by atoms with Gasteiger partial charge in [0.15, 0.2) is 5.70 Å². The summed E-state index contributed by atoms with van der Waals surface area (Å²) in [6.07, 6.45) is -0.323. The first kappa shape index (κ1) is 23.2. The fourth-order valence-electron chi connectivity index (χ4n) is 3.86. The van der Waals surface area contributed by atoms with E-state index >= 15 is 0 Å². The molecular weight excluding hydrogens is 433 g/mol. The predicted molar refractivity (Wildman–Crippen MR) is 102 cm³/mol. The first-order valence-electron chi connectivity index (χ1n) is 9.45. The highest BCUT2D eigenvalue weighted by molar-refractivity contribution is 6.08. The average Bonchev–Trinajstić information content (AvgIpc) is 3.07. The quantitative estimate of drug-likeness (QED) is 0.469. The van der Waals surface area contributed by atoms with Crippen molar-refractivity contribution in [3.8, 4) is 0 Å². The first-order valence-corrected chi connectivity index (χ1v) is 9.45. The third kappa shape index (κ3) is 4.55. The molecule has 3 N–H and O–H groups in total. The molecule has 3 aliphatic rings. The van der Waals surface area contributed by atoms with Gasteiger partial charge in [-0.2, -0.15) is 13.2 Å². The van der Waals surface area contributed by atoms with Gasteiger partial charge < -0.3 is 15.6 Å². The number of nitro groups is 1. The number of carboxylic acids is 1. The van der Waals surface area contributed by atoms with Gasteiger partial charge in [0.1, 0.15) is 18.7 Å². The summed E-state index contributed by atoms with van der Waals surface area (Å²) in [5.74, 6) is -3.11. The van der Waals surface area contributed by atoms with E-state index in [9.17, 15) is 28.1 Å². The number of piperidine rings is 1. The van der Waals surface area contributed by atoms with Gasteiger partial charge in [0, 0.05) is 35.4 Å². The number of quaternary nitrogens is 1. The molecule has 4 rings (SSSR count). The Kier molecular flexibility index (Phi) is 6.19. The number of carboxylic acid groups (broad SMARTS) is 1. The van der Waals surface area contributed by atoms with Crippen molar-refractivity contribution in [2.24, 2.45) is 5.73 Å². The van der Waals surface area contributed by atoms with Crippen LogP contribution in [0.3, 0.4) is 0 Å². The summed E-state index contributed by atoms with van der Waals surface area (Å²) in [6.45, 7) is 1.49. The molecule has 2 aliphatic heterocycles. The summed E-state index contributed by atoms with van der Waals surface area (Å²) < 4.78 is 31.5. The van der Waals surface area contributed by atoms with Gasteiger partial charge >= 0.3 is 6.18 Å². The molecule has 1 aliphatic carbocycles. The monoisotopic (exact) mass is 452 g/mol. The normalized spacial score (nSPS) is 22.4. The van der Waals surface area contributed by atoms with Crippen LogP contribution < -0.4 is 15.7 Å². The summed E-state index contributed by atoms with van der Waals surface area (Å²) in [5, 5.41) is 19.6. The molecule has 2 atom stereocenters. The highest BCUT2D eigenvalue weighted by Gasteiger charge is 2.44. The summed E-state index contributed by atoms with van der Waals surface area (Å²) in [7, 11) is 2.04. The second-order valence-corrected chi connectivity index (χ2v) is 7.50. The van der Waals surface area contributed by atoms with E-state index < -0.39 is 17.1 Å². The van der Waals surface area contributed by atoms with Gasteiger partial charge in [-0.15, -0.1) is 0 Å². The number of aliphatic carboxylic acids is 1. The molecule has 0 spiro atoms. The second kappa shape index (κ2) is 8.55. The number of nitrogens with zero attached hydrogens (tertiary/aromatic N) is 2. The van der Waals surface area contributed by atoms with Crippen molar-refractivity contribution >= 4 is 17.4 Å². The topological polar surface area (TPSA) is 134 Å². The van der Waals surface area contributed by atoms with Crippen LogP contribution >= 0.6 is 0 Å². The number of Topliss-reactive ketones (excluding diaryl/α,β-unsaturated/α-hetero) is 1. The second-order valence-electron chi connectivity index (χ2n) is 7.50. The Balaban J connectivity index is 0.000000360. The van der Waals surface area contributed by atoms with E-state index in [1.807, 2.05) is 13.1 Å². The van der Waals surface area contributed by atoms with E-state index in [0.717, 1.165) is 34.7 Å². The molecule has 170 valence electrons. The Morgan fingerprint density at radius 2 is 1.91 bits per heavy atom. The van der Waals surface area contributed by atoms with Gasteiger partial charge in [-0.3, -0.25) is 24.7 Å². The third-order valence-electron chi connectivity index (χ3n) is 5.39. The lowest BCUT2D eigenvalue weighted by Gasteiger charge is -2.34. The average molecular weight is 452 g/mol. The number of hydrogen-bond acceptors (Lipinski definition) is 7. The maximum Gasteiger partial charge on any atom is 0.430 e. The standard InChI is InChI=1S/C18H18N4O3.C2HF3O2/c1-20-7-6-12-10-21(9-11-2-4-13(5-3-11)22(24)25)17-16(12)15(20)8-14(19)18(17)23;3-2(4,5)1(6)7/h2-5,8,10,15H,6-7,9,19H2,1H3;(H,6,7). The highest BCUT2D eigenvalue weighted by atomic mass is 19.4. The van der Waals surface area contributed by atoms with Crippen LogP contribution in [0.15, 0.2) is 59.1 Å². The van der Waals surface area contributed by atoms with Crippen molar-refractivity contribution in [2.75, 3.05) is 13.6 Å². The van der Waals surface area contributed by atoms with Crippen molar-refractivity contribution in [1.29, 1.82) is 0 Å². The summed E-state index contributed by atoms with van der Waals surface area (Å²) >= 11 is 0. The molecule has 1 aromatic rings. The number of nitrogens with two attached hydrogens (primary N) is 1. The number of likely N-dealkylation sites (tertiary alicyclic amines) is 1. The number of carbonyl (C=O) groups excluding carboxylic acids is 2. The summed E-state index contributed by atoms with van der Waals surface area (Å²) in [5.41, 5.74) is 10.3. The Hall–Kier alpha value is -3.51. The molecule has 9 nitrogen and oxygen atoms in total. The number of hydrogen-bond donors (Lipinski definition) is 2.